The molecule has 3 rings (SSSR count). The topological polar surface area (TPSA) is 45.2 Å². The minimum Gasteiger partial charge on any atom is -0.371 e. The first kappa shape index (κ1) is 19.5. The van der Waals surface area contributed by atoms with Crippen molar-refractivity contribution in [3.63, 3.8) is 0 Å². The van der Waals surface area contributed by atoms with Crippen molar-refractivity contribution in [2.75, 3.05) is 23.3 Å². The van der Waals surface area contributed by atoms with Crippen LogP contribution in [-0.4, -0.2) is 24.0 Å². The fraction of sp³-hybridized carbons (Fsp3) is 0.368. The fourth-order valence-corrected chi connectivity index (χ4v) is 3.23. The Morgan fingerprint density at radius 2 is 1.93 bits per heavy atom. The highest BCUT2D eigenvalue weighted by Crippen LogP contribution is 2.36. The molecule has 1 aliphatic heterocycles. The monoisotopic (exact) mass is 397 g/mol. The number of anilines is 2. The number of pyridine rings is 1. The zero-order valence-electron chi connectivity index (χ0n) is 14.7. The summed E-state index contributed by atoms with van der Waals surface area (Å²) in [5.41, 5.74) is -0.441. The summed E-state index contributed by atoms with van der Waals surface area (Å²) in [7, 11) is 0. The van der Waals surface area contributed by atoms with Crippen molar-refractivity contribution in [3.8, 4) is 0 Å². The molecule has 27 heavy (non-hydrogen) atoms. The van der Waals surface area contributed by atoms with E-state index in [2.05, 4.69) is 22.1 Å². The van der Waals surface area contributed by atoms with E-state index in [1.165, 1.54) is 12.3 Å². The summed E-state index contributed by atoms with van der Waals surface area (Å²) in [4.78, 5) is 18.6. The van der Waals surface area contributed by atoms with Gasteiger partial charge in [-0.15, -0.1) is 0 Å². The second-order valence-electron chi connectivity index (χ2n) is 6.71. The number of alkyl halides is 3. The van der Waals surface area contributed by atoms with Crippen molar-refractivity contribution in [1.29, 1.82) is 0 Å². The Morgan fingerprint density at radius 1 is 1.22 bits per heavy atom. The molecule has 0 aliphatic carbocycles. The third-order valence-corrected chi connectivity index (χ3v) is 4.90. The highest BCUT2D eigenvalue weighted by Gasteiger charge is 2.34. The van der Waals surface area contributed by atoms with Crippen LogP contribution in [0.5, 0.6) is 0 Å². The van der Waals surface area contributed by atoms with Gasteiger partial charge in [0.1, 0.15) is 5.69 Å². The van der Waals surface area contributed by atoms with Gasteiger partial charge in [-0.2, -0.15) is 13.2 Å². The number of aromatic nitrogens is 1. The van der Waals surface area contributed by atoms with Gasteiger partial charge in [-0.05, 0) is 49.1 Å². The Balaban J connectivity index is 1.80. The second kappa shape index (κ2) is 7.76. The Labute approximate surface area is 160 Å². The Morgan fingerprint density at radius 3 is 2.59 bits per heavy atom. The largest absolute Gasteiger partial charge is 0.418 e. The number of hydrogen-bond acceptors (Lipinski definition) is 3. The van der Waals surface area contributed by atoms with Crippen LogP contribution in [0.4, 0.5) is 24.5 Å². The molecule has 1 aromatic carbocycles. The van der Waals surface area contributed by atoms with Crippen LogP contribution in [0.25, 0.3) is 0 Å². The Kier molecular flexibility index (Phi) is 5.60. The third-order valence-electron chi connectivity index (χ3n) is 4.66. The van der Waals surface area contributed by atoms with Crippen molar-refractivity contribution in [3.05, 3.63) is 52.8 Å². The SMILES string of the molecule is CC1CCN(c2ccnc(C(=O)Nc3ccc(Cl)cc3C(F)(F)F)c2)CC1. The summed E-state index contributed by atoms with van der Waals surface area (Å²) >= 11 is 5.66. The maximum absolute atomic E-state index is 13.2. The molecular weight excluding hydrogens is 379 g/mol. The number of hydrogen-bond donors (Lipinski definition) is 1. The maximum atomic E-state index is 13.2. The minimum atomic E-state index is -4.63. The van der Waals surface area contributed by atoms with Crippen LogP contribution in [-0.2, 0) is 6.18 Å². The Bertz CT molecular complexity index is 833. The molecule has 0 unspecified atom stereocenters. The molecule has 1 fully saturated rings. The summed E-state index contributed by atoms with van der Waals surface area (Å²) in [6, 6.07) is 6.63. The van der Waals surface area contributed by atoms with Crippen LogP contribution in [0.1, 0.15) is 35.8 Å². The first-order valence-electron chi connectivity index (χ1n) is 8.63. The van der Waals surface area contributed by atoms with Gasteiger partial charge in [0.25, 0.3) is 5.91 Å². The molecule has 1 aliphatic rings. The lowest BCUT2D eigenvalue weighted by Crippen LogP contribution is -2.33. The van der Waals surface area contributed by atoms with Crippen LogP contribution >= 0.6 is 11.6 Å². The summed E-state index contributed by atoms with van der Waals surface area (Å²) in [6.45, 7) is 3.95. The average molecular weight is 398 g/mol. The van der Waals surface area contributed by atoms with Gasteiger partial charge in [-0.3, -0.25) is 9.78 Å². The summed E-state index contributed by atoms with van der Waals surface area (Å²) in [6.07, 6.45) is -1.02. The number of carbonyl (C=O) groups is 1. The molecule has 0 bridgehead atoms. The molecule has 0 spiro atoms. The van der Waals surface area contributed by atoms with Crippen LogP contribution in [0, 0.1) is 5.92 Å². The van der Waals surface area contributed by atoms with Gasteiger partial charge in [-0.1, -0.05) is 18.5 Å². The minimum absolute atomic E-state index is 0.0558. The fourth-order valence-electron chi connectivity index (χ4n) is 3.05. The number of nitrogens with zero attached hydrogens (tertiary/aromatic N) is 2. The first-order valence-corrected chi connectivity index (χ1v) is 9.01. The lowest BCUT2D eigenvalue weighted by molar-refractivity contribution is -0.136. The van der Waals surface area contributed by atoms with E-state index in [-0.39, 0.29) is 16.4 Å². The predicted molar refractivity (Wildman–Crippen MR) is 99.3 cm³/mol. The zero-order chi connectivity index (χ0) is 19.6. The summed E-state index contributed by atoms with van der Waals surface area (Å²) in [5, 5.41) is 2.24. The average Bonchev–Trinajstić information content (AvgIpc) is 2.63. The highest BCUT2D eigenvalue weighted by atomic mass is 35.5. The number of nitrogens with one attached hydrogen (secondary N) is 1. The molecule has 144 valence electrons. The van der Waals surface area contributed by atoms with Gasteiger partial charge in [-0.25, -0.2) is 0 Å². The molecule has 2 aromatic rings. The molecular formula is C19H19ClF3N3O. The van der Waals surface area contributed by atoms with E-state index in [0.29, 0.717) is 5.92 Å². The normalized spacial score (nSPS) is 15.7. The van der Waals surface area contributed by atoms with E-state index >= 15 is 0 Å². The molecule has 1 aromatic heterocycles. The lowest BCUT2D eigenvalue weighted by Gasteiger charge is -2.32. The third kappa shape index (κ3) is 4.71. The van der Waals surface area contributed by atoms with E-state index in [4.69, 9.17) is 11.6 Å². The molecule has 2 heterocycles. The summed E-state index contributed by atoms with van der Waals surface area (Å²) < 4.78 is 39.6. The Hall–Kier alpha value is -2.28. The lowest BCUT2D eigenvalue weighted by atomic mass is 9.99. The number of carbonyl (C=O) groups excluding carboxylic acids is 1. The summed E-state index contributed by atoms with van der Waals surface area (Å²) in [5.74, 6) is -0.0356. The number of piperidine rings is 1. The van der Waals surface area contributed by atoms with Crippen molar-refractivity contribution in [2.45, 2.75) is 25.9 Å². The molecule has 4 nitrogen and oxygen atoms in total. The predicted octanol–water partition coefficient (Wildman–Crippen LogP) is 5.24. The van der Waals surface area contributed by atoms with Crippen molar-refractivity contribution in [2.24, 2.45) is 5.92 Å². The van der Waals surface area contributed by atoms with E-state index in [1.54, 1.807) is 12.1 Å². The van der Waals surface area contributed by atoms with Gasteiger partial charge in [0.05, 0.1) is 11.3 Å². The van der Waals surface area contributed by atoms with E-state index < -0.39 is 17.6 Å². The number of rotatable bonds is 3. The van der Waals surface area contributed by atoms with Crippen LogP contribution in [0.2, 0.25) is 5.02 Å². The number of halogens is 4. The molecule has 0 radical (unpaired) electrons. The second-order valence-corrected chi connectivity index (χ2v) is 7.15. The van der Waals surface area contributed by atoms with E-state index in [1.807, 2.05) is 0 Å². The molecule has 1 saturated heterocycles. The maximum Gasteiger partial charge on any atom is 0.418 e. The smallest absolute Gasteiger partial charge is 0.371 e. The van der Waals surface area contributed by atoms with Gasteiger partial charge in [0, 0.05) is 30.0 Å². The van der Waals surface area contributed by atoms with Crippen molar-refractivity contribution in [1.82, 2.24) is 4.98 Å². The standard InChI is InChI=1S/C19H19ClF3N3O/c1-12-5-8-26(9-6-12)14-4-7-24-17(11-14)18(27)25-16-3-2-13(20)10-15(16)19(21,22)23/h2-4,7,10-12H,5-6,8-9H2,1H3,(H,25,27). The van der Waals surface area contributed by atoms with Crippen LogP contribution in [0.15, 0.2) is 36.5 Å². The van der Waals surface area contributed by atoms with Crippen molar-refractivity contribution < 1.29 is 18.0 Å². The molecule has 1 amide bonds. The zero-order valence-corrected chi connectivity index (χ0v) is 15.4. The van der Waals surface area contributed by atoms with Gasteiger partial charge >= 0.3 is 6.18 Å². The van der Waals surface area contributed by atoms with Gasteiger partial charge < -0.3 is 10.2 Å². The first-order chi connectivity index (χ1) is 12.7. The molecule has 1 N–H and O–H groups in total. The molecule has 0 atom stereocenters. The van der Waals surface area contributed by atoms with E-state index in [0.717, 1.165) is 43.8 Å². The van der Waals surface area contributed by atoms with Crippen LogP contribution < -0.4 is 10.2 Å². The van der Waals surface area contributed by atoms with Crippen molar-refractivity contribution >= 4 is 28.9 Å². The van der Waals surface area contributed by atoms with Gasteiger partial charge in [0.15, 0.2) is 0 Å². The quantitative estimate of drug-likeness (QED) is 0.770. The highest BCUT2D eigenvalue weighted by molar-refractivity contribution is 6.30. The molecule has 8 heteroatoms. The number of amides is 1. The van der Waals surface area contributed by atoms with E-state index in [9.17, 15) is 18.0 Å². The number of benzene rings is 1. The van der Waals surface area contributed by atoms with Crippen LogP contribution in [0.3, 0.4) is 0 Å². The molecule has 0 saturated carbocycles. The van der Waals surface area contributed by atoms with Gasteiger partial charge in [0.2, 0.25) is 0 Å².